The molecule has 108 valence electrons. The zero-order valence-corrected chi connectivity index (χ0v) is 13.1. The molecule has 2 rings (SSSR count). The molecule has 0 aliphatic heterocycles. The van der Waals surface area contributed by atoms with Crippen LogP contribution in [0.2, 0.25) is 10.0 Å². The molecule has 0 amide bonds. The minimum atomic E-state index is 0.320. The lowest BCUT2D eigenvalue weighted by Gasteiger charge is -2.10. The van der Waals surface area contributed by atoms with Gasteiger partial charge in [-0.05, 0) is 42.3 Å². The molecule has 2 nitrogen and oxygen atoms in total. The van der Waals surface area contributed by atoms with Crippen LogP contribution >= 0.6 is 23.2 Å². The molecule has 0 aliphatic carbocycles. The van der Waals surface area contributed by atoms with Crippen molar-refractivity contribution in [3.63, 3.8) is 0 Å². The largest absolute Gasteiger partial charge is 0.488 e. The molecular formula is C17H15Cl2NO. The van der Waals surface area contributed by atoms with Crippen LogP contribution in [0.5, 0.6) is 5.75 Å². The molecule has 0 unspecified atom stereocenters. The molecule has 0 aromatic heterocycles. The van der Waals surface area contributed by atoms with Crippen molar-refractivity contribution in [2.75, 3.05) is 6.54 Å². The summed E-state index contributed by atoms with van der Waals surface area (Å²) in [4.78, 5) is 0. The molecule has 0 bridgehead atoms. The molecule has 0 saturated carbocycles. The summed E-state index contributed by atoms with van der Waals surface area (Å²) >= 11 is 11.9. The molecule has 0 saturated heterocycles. The molecule has 0 aliphatic rings. The Morgan fingerprint density at radius 2 is 1.90 bits per heavy atom. The fourth-order valence-corrected chi connectivity index (χ4v) is 2.12. The number of hydrogen-bond acceptors (Lipinski definition) is 2. The topological polar surface area (TPSA) is 35.2 Å². The van der Waals surface area contributed by atoms with E-state index in [1.807, 2.05) is 31.2 Å². The number of benzene rings is 2. The van der Waals surface area contributed by atoms with Crippen LogP contribution in [-0.2, 0) is 6.61 Å². The van der Waals surface area contributed by atoms with Gasteiger partial charge in [-0.25, -0.2) is 0 Å². The third-order valence-electron chi connectivity index (χ3n) is 2.84. The van der Waals surface area contributed by atoms with E-state index in [9.17, 15) is 0 Å². The summed E-state index contributed by atoms with van der Waals surface area (Å²) in [5, 5.41) is 1.05. The first-order valence-corrected chi connectivity index (χ1v) is 7.22. The minimum Gasteiger partial charge on any atom is -0.488 e. The average molecular weight is 320 g/mol. The van der Waals surface area contributed by atoms with E-state index in [2.05, 4.69) is 11.8 Å². The number of aryl methyl sites for hydroxylation is 1. The Labute approximate surface area is 134 Å². The van der Waals surface area contributed by atoms with Crippen molar-refractivity contribution in [3.05, 3.63) is 63.1 Å². The molecule has 0 fully saturated rings. The van der Waals surface area contributed by atoms with E-state index in [4.69, 9.17) is 33.7 Å². The monoisotopic (exact) mass is 319 g/mol. The zero-order chi connectivity index (χ0) is 15.2. The van der Waals surface area contributed by atoms with Crippen LogP contribution in [0, 0.1) is 18.8 Å². The summed E-state index contributed by atoms with van der Waals surface area (Å²) in [6.07, 6.45) is 0. The van der Waals surface area contributed by atoms with Crippen molar-refractivity contribution in [2.24, 2.45) is 5.73 Å². The quantitative estimate of drug-likeness (QED) is 0.861. The maximum Gasteiger partial charge on any atom is 0.135 e. The molecular weight excluding hydrogens is 305 g/mol. The van der Waals surface area contributed by atoms with E-state index >= 15 is 0 Å². The van der Waals surface area contributed by atoms with Gasteiger partial charge in [-0.15, -0.1) is 0 Å². The van der Waals surface area contributed by atoms with E-state index in [0.29, 0.717) is 23.2 Å². The Bertz CT molecular complexity index is 702. The summed E-state index contributed by atoms with van der Waals surface area (Å²) in [6.45, 7) is 2.73. The SMILES string of the molecule is Cc1ccc(OCc2ccc(Cl)c(Cl)c2)c(C#CCN)c1. The molecule has 2 N–H and O–H groups in total. The zero-order valence-electron chi connectivity index (χ0n) is 11.6. The fraction of sp³-hybridized carbons (Fsp3) is 0.176. The Hall–Kier alpha value is -1.66. The van der Waals surface area contributed by atoms with E-state index in [1.54, 1.807) is 12.1 Å². The lowest BCUT2D eigenvalue weighted by molar-refractivity contribution is 0.305. The third-order valence-corrected chi connectivity index (χ3v) is 3.58. The van der Waals surface area contributed by atoms with Gasteiger partial charge in [0.25, 0.3) is 0 Å². The van der Waals surface area contributed by atoms with Crippen LogP contribution in [0.1, 0.15) is 16.7 Å². The predicted octanol–water partition coefficient (Wildman–Crippen LogP) is 4.19. The van der Waals surface area contributed by atoms with E-state index in [0.717, 1.165) is 22.4 Å². The lowest BCUT2D eigenvalue weighted by atomic mass is 10.1. The van der Waals surface area contributed by atoms with Gasteiger partial charge in [0.2, 0.25) is 0 Å². The van der Waals surface area contributed by atoms with Crippen LogP contribution in [0.15, 0.2) is 36.4 Å². The van der Waals surface area contributed by atoms with Crippen molar-refractivity contribution in [1.29, 1.82) is 0 Å². The molecule has 4 heteroatoms. The van der Waals surface area contributed by atoms with Gasteiger partial charge < -0.3 is 10.5 Å². The predicted molar refractivity (Wildman–Crippen MR) is 87.9 cm³/mol. The van der Waals surface area contributed by atoms with E-state index in [-0.39, 0.29) is 0 Å². The van der Waals surface area contributed by atoms with E-state index < -0.39 is 0 Å². The highest BCUT2D eigenvalue weighted by atomic mass is 35.5. The summed E-state index contributed by atoms with van der Waals surface area (Å²) < 4.78 is 5.83. The van der Waals surface area contributed by atoms with Gasteiger partial charge in [0.1, 0.15) is 12.4 Å². The van der Waals surface area contributed by atoms with Crippen molar-refractivity contribution in [1.82, 2.24) is 0 Å². The highest BCUT2D eigenvalue weighted by Crippen LogP contribution is 2.24. The lowest BCUT2D eigenvalue weighted by Crippen LogP contribution is -1.98. The second-order valence-corrected chi connectivity index (χ2v) is 5.36. The fourth-order valence-electron chi connectivity index (χ4n) is 1.80. The van der Waals surface area contributed by atoms with Crippen LogP contribution in [0.3, 0.4) is 0 Å². The van der Waals surface area contributed by atoms with Crippen LogP contribution < -0.4 is 10.5 Å². The Balaban J connectivity index is 2.17. The molecule has 2 aromatic rings. The Kier molecular flexibility index (Phi) is 5.52. The summed E-state index contributed by atoms with van der Waals surface area (Å²) in [6, 6.07) is 11.3. The molecule has 0 spiro atoms. The highest BCUT2D eigenvalue weighted by Gasteiger charge is 2.04. The van der Waals surface area contributed by atoms with Gasteiger partial charge in [-0.1, -0.05) is 47.2 Å². The van der Waals surface area contributed by atoms with Gasteiger partial charge in [0.15, 0.2) is 0 Å². The van der Waals surface area contributed by atoms with Gasteiger partial charge in [-0.2, -0.15) is 0 Å². The van der Waals surface area contributed by atoms with Crippen molar-refractivity contribution < 1.29 is 4.74 Å². The van der Waals surface area contributed by atoms with Gasteiger partial charge in [-0.3, -0.25) is 0 Å². The summed E-state index contributed by atoms with van der Waals surface area (Å²) in [7, 11) is 0. The minimum absolute atomic E-state index is 0.320. The van der Waals surface area contributed by atoms with Crippen molar-refractivity contribution in [2.45, 2.75) is 13.5 Å². The maximum absolute atomic E-state index is 5.99. The number of hydrogen-bond donors (Lipinski definition) is 1. The second-order valence-electron chi connectivity index (χ2n) is 4.54. The van der Waals surface area contributed by atoms with Gasteiger partial charge in [0.05, 0.1) is 22.2 Å². The number of ether oxygens (including phenoxy) is 1. The molecule has 0 atom stereocenters. The number of halogens is 2. The average Bonchev–Trinajstić information content (AvgIpc) is 2.47. The van der Waals surface area contributed by atoms with Gasteiger partial charge >= 0.3 is 0 Å². The Morgan fingerprint density at radius 3 is 2.62 bits per heavy atom. The number of rotatable bonds is 3. The Morgan fingerprint density at radius 1 is 1.10 bits per heavy atom. The first kappa shape index (κ1) is 15.7. The van der Waals surface area contributed by atoms with E-state index in [1.165, 1.54) is 0 Å². The number of nitrogens with two attached hydrogens (primary N) is 1. The van der Waals surface area contributed by atoms with Crippen molar-refractivity contribution >= 4 is 23.2 Å². The molecule has 2 aromatic carbocycles. The smallest absolute Gasteiger partial charge is 0.135 e. The third kappa shape index (κ3) is 4.41. The molecule has 21 heavy (non-hydrogen) atoms. The second kappa shape index (κ2) is 7.38. The molecule has 0 heterocycles. The van der Waals surface area contributed by atoms with Crippen molar-refractivity contribution in [3.8, 4) is 17.6 Å². The summed E-state index contributed by atoms with van der Waals surface area (Å²) in [5.74, 6) is 6.60. The van der Waals surface area contributed by atoms with Crippen LogP contribution in [0.4, 0.5) is 0 Å². The highest BCUT2D eigenvalue weighted by molar-refractivity contribution is 6.42. The molecule has 0 radical (unpaired) electrons. The summed E-state index contributed by atoms with van der Waals surface area (Å²) in [5.41, 5.74) is 8.32. The van der Waals surface area contributed by atoms with Crippen LogP contribution in [-0.4, -0.2) is 6.54 Å². The normalized spacial score (nSPS) is 9.90. The first-order chi connectivity index (χ1) is 10.1. The standard InChI is InChI=1S/C17H15Cl2NO/c1-12-4-7-17(14(9-12)3-2-8-20)21-11-13-5-6-15(18)16(19)10-13/h4-7,9-10H,8,11,20H2,1H3. The van der Waals surface area contributed by atoms with Gasteiger partial charge in [0, 0.05) is 0 Å². The maximum atomic E-state index is 5.99. The van der Waals surface area contributed by atoms with Crippen LogP contribution in [0.25, 0.3) is 0 Å². The first-order valence-electron chi connectivity index (χ1n) is 6.46.